The molecular weight excluding hydrogens is 222 g/mol. The number of hydrogen-bond acceptors (Lipinski definition) is 3. The van der Waals surface area contributed by atoms with E-state index in [1.54, 1.807) is 0 Å². The lowest BCUT2D eigenvalue weighted by Crippen LogP contribution is -1.98. The monoisotopic (exact) mass is 239 g/mol. The molecule has 0 unspecified atom stereocenters. The summed E-state index contributed by atoms with van der Waals surface area (Å²) in [5.41, 5.74) is 5.17. The van der Waals surface area contributed by atoms with Crippen LogP contribution in [-0.2, 0) is 12.8 Å². The van der Waals surface area contributed by atoms with Crippen LogP contribution in [0.3, 0.4) is 0 Å². The van der Waals surface area contributed by atoms with Gasteiger partial charge in [0.25, 0.3) is 0 Å². The Morgan fingerprint density at radius 3 is 2.72 bits per heavy atom. The number of anilines is 1. The maximum atomic E-state index is 4.53. The molecule has 1 N–H and O–H groups in total. The summed E-state index contributed by atoms with van der Waals surface area (Å²) in [6.07, 6.45) is 3.70. The summed E-state index contributed by atoms with van der Waals surface area (Å²) in [6.45, 7) is 1.93. The predicted molar refractivity (Wildman–Crippen MR) is 73.8 cm³/mol. The molecule has 0 saturated heterocycles. The SMILES string of the molecule is CNc1cc(-c2ccc3c(c2)CCC3)nc(C)n1. The van der Waals surface area contributed by atoms with Gasteiger partial charge in [-0.05, 0) is 43.4 Å². The van der Waals surface area contributed by atoms with Crippen molar-refractivity contribution in [1.82, 2.24) is 9.97 Å². The van der Waals surface area contributed by atoms with Crippen LogP contribution < -0.4 is 5.32 Å². The molecule has 0 atom stereocenters. The van der Waals surface area contributed by atoms with Crippen LogP contribution in [0.4, 0.5) is 5.82 Å². The quantitative estimate of drug-likeness (QED) is 0.875. The van der Waals surface area contributed by atoms with E-state index in [-0.39, 0.29) is 0 Å². The van der Waals surface area contributed by atoms with Gasteiger partial charge in [-0.3, -0.25) is 0 Å². The minimum atomic E-state index is 0.803. The van der Waals surface area contributed by atoms with E-state index in [0.29, 0.717) is 0 Å². The van der Waals surface area contributed by atoms with Gasteiger partial charge < -0.3 is 5.32 Å². The molecular formula is C15H17N3. The van der Waals surface area contributed by atoms with Gasteiger partial charge in [-0.1, -0.05) is 12.1 Å². The number of hydrogen-bond donors (Lipinski definition) is 1. The van der Waals surface area contributed by atoms with Gasteiger partial charge in [-0.2, -0.15) is 0 Å². The first kappa shape index (κ1) is 11.2. The van der Waals surface area contributed by atoms with E-state index in [4.69, 9.17) is 0 Å². The molecule has 0 amide bonds. The summed E-state index contributed by atoms with van der Waals surface area (Å²) in [7, 11) is 1.88. The first-order chi connectivity index (χ1) is 8.76. The minimum Gasteiger partial charge on any atom is -0.373 e. The standard InChI is InChI=1S/C15H17N3/c1-10-17-14(9-15(16-2)18-10)13-7-6-11-4-3-5-12(11)8-13/h6-9H,3-5H2,1-2H3,(H,16,17,18). The van der Waals surface area contributed by atoms with E-state index in [1.807, 2.05) is 20.0 Å². The molecule has 1 heterocycles. The Balaban J connectivity index is 2.06. The molecule has 1 aromatic heterocycles. The Hall–Kier alpha value is -1.90. The van der Waals surface area contributed by atoms with Gasteiger partial charge in [0.1, 0.15) is 11.6 Å². The van der Waals surface area contributed by atoms with Crippen LogP contribution in [0.25, 0.3) is 11.3 Å². The highest BCUT2D eigenvalue weighted by Crippen LogP contribution is 2.27. The number of aryl methyl sites for hydroxylation is 3. The second-order valence-electron chi connectivity index (χ2n) is 4.77. The average molecular weight is 239 g/mol. The van der Waals surface area contributed by atoms with Crippen LogP contribution in [0.15, 0.2) is 24.3 Å². The molecule has 0 radical (unpaired) electrons. The van der Waals surface area contributed by atoms with Crippen molar-refractivity contribution < 1.29 is 0 Å². The van der Waals surface area contributed by atoms with Crippen molar-refractivity contribution in [2.24, 2.45) is 0 Å². The first-order valence-corrected chi connectivity index (χ1v) is 6.42. The van der Waals surface area contributed by atoms with Crippen molar-refractivity contribution in [1.29, 1.82) is 0 Å². The van der Waals surface area contributed by atoms with Crippen LogP contribution in [-0.4, -0.2) is 17.0 Å². The van der Waals surface area contributed by atoms with Gasteiger partial charge >= 0.3 is 0 Å². The number of aromatic nitrogens is 2. The molecule has 3 heteroatoms. The van der Waals surface area contributed by atoms with Gasteiger partial charge in [-0.25, -0.2) is 9.97 Å². The molecule has 3 nitrogen and oxygen atoms in total. The third kappa shape index (κ3) is 1.96. The highest BCUT2D eigenvalue weighted by Gasteiger charge is 2.12. The molecule has 18 heavy (non-hydrogen) atoms. The summed E-state index contributed by atoms with van der Waals surface area (Å²) in [5.74, 6) is 1.68. The lowest BCUT2D eigenvalue weighted by atomic mass is 10.0. The molecule has 1 aliphatic rings. The van der Waals surface area contributed by atoms with Gasteiger partial charge in [0.15, 0.2) is 0 Å². The summed E-state index contributed by atoms with van der Waals surface area (Å²) in [5, 5.41) is 3.08. The van der Waals surface area contributed by atoms with Crippen LogP contribution in [0.2, 0.25) is 0 Å². The van der Waals surface area contributed by atoms with Crippen LogP contribution in [0.1, 0.15) is 23.4 Å². The molecule has 0 fully saturated rings. The molecule has 0 bridgehead atoms. The summed E-state index contributed by atoms with van der Waals surface area (Å²) >= 11 is 0. The maximum Gasteiger partial charge on any atom is 0.130 e. The van der Waals surface area contributed by atoms with Crippen molar-refractivity contribution in [2.45, 2.75) is 26.2 Å². The third-order valence-electron chi connectivity index (χ3n) is 3.49. The van der Waals surface area contributed by atoms with E-state index in [0.717, 1.165) is 17.3 Å². The summed E-state index contributed by atoms with van der Waals surface area (Å²) in [6, 6.07) is 8.70. The maximum absolute atomic E-state index is 4.53. The Labute approximate surface area is 107 Å². The van der Waals surface area contributed by atoms with Gasteiger partial charge in [0.05, 0.1) is 5.69 Å². The number of nitrogens with one attached hydrogen (secondary N) is 1. The summed E-state index contributed by atoms with van der Waals surface area (Å²) < 4.78 is 0. The van der Waals surface area contributed by atoms with Crippen LogP contribution >= 0.6 is 0 Å². The third-order valence-corrected chi connectivity index (χ3v) is 3.49. The van der Waals surface area contributed by atoms with Crippen LogP contribution in [0, 0.1) is 6.92 Å². The predicted octanol–water partition coefficient (Wildman–Crippen LogP) is 2.98. The van der Waals surface area contributed by atoms with Crippen molar-refractivity contribution in [3.05, 3.63) is 41.2 Å². The molecule has 2 aromatic rings. The second-order valence-corrected chi connectivity index (χ2v) is 4.77. The molecule has 1 aliphatic carbocycles. The molecule has 0 saturated carbocycles. The van der Waals surface area contributed by atoms with Gasteiger partial charge in [-0.15, -0.1) is 0 Å². The lowest BCUT2D eigenvalue weighted by Gasteiger charge is -2.07. The number of rotatable bonds is 2. The smallest absolute Gasteiger partial charge is 0.130 e. The lowest BCUT2D eigenvalue weighted by molar-refractivity contribution is 0.912. The van der Waals surface area contributed by atoms with Crippen molar-refractivity contribution in [3.8, 4) is 11.3 Å². The van der Waals surface area contributed by atoms with Crippen molar-refractivity contribution in [3.63, 3.8) is 0 Å². The topological polar surface area (TPSA) is 37.8 Å². The summed E-state index contributed by atoms with van der Waals surface area (Å²) in [4.78, 5) is 8.85. The fourth-order valence-electron chi connectivity index (χ4n) is 2.57. The van der Waals surface area contributed by atoms with E-state index in [1.165, 1.54) is 36.0 Å². The second kappa shape index (κ2) is 4.41. The zero-order chi connectivity index (χ0) is 12.5. The number of nitrogens with zero attached hydrogens (tertiary/aromatic N) is 2. The Bertz CT molecular complexity index is 590. The Morgan fingerprint density at radius 1 is 1.06 bits per heavy atom. The van der Waals surface area contributed by atoms with Gasteiger partial charge in [0, 0.05) is 18.7 Å². The minimum absolute atomic E-state index is 0.803. The highest BCUT2D eigenvalue weighted by atomic mass is 15.0. The van der Waals surface area contributed by atoms with E-state index >= 15 is 0 Å². The Morgan fingerprint density at radius 2 is 1.89 bits per heavy atom. The first-order valence-electron chi connectivity index (χ1n) is 6.42. The number of benzene rings is 1. The zero-order valence-electron chi connectivity index (χ0n) is 10.8. The molecule has 92 valence electrons. The largest absolute Gasteiger partial charge is 0.373 e. The molecule has 0 aliphatic heterocycles. The average Bonchev–Trinajstić information content (AvgIpc) is 2.85. The van der Waals surface area contributed by atoms with Crippen molar-refractivity contribution >= 4 is 5.82 Å². The van der Waals surface area contributed by atoms with Crippen molar-refractivity contribution in [2.75, 3.05) is 12.4 Å². The van der Waals surface area contributed by atoms with Crippen LogP contribution in [0.5, 0.6) is 0 Å². The van der Waals surface area contributed by atoms with E-state index in [2.05, 4.69) is 33.5 Å². The molecule has 1 aromatic carbocycles. The fraction of sp³-hybridized carbons (Fsp3) is 0.333. The molecule has 0 spiro atoms. The normalized spacial score (nSPS) is 13.4. The molecule has 3 rings (SSSR count). The Kier molecular flexibility index (Phi) is 2.74. The zero-order valence-corrected chi connectivity index (χ0v) is 10.8. The fourth-order valence-corrected chi connectivity index (χ4v) is 2.57. The van der Waals surface area contributed by atoms with E-state index in [9.17, 15) is 0 Å². The van der Waals surface area contributed by atoms with E-state index < -0.39 is 0 Å². The highest BCUT2D eigenvalue weighted by molar-refractivity contribution is 5.64. The number of fused-ring (bicyclic) bond motifs is 1. The van der Waals surface area contributed by atoms with Gasteiger partial charge in [0.2, 0.25) is 0 Å².